The maximum atomic E-state index is 13.1. The molecular weight excluding hydrogens is 386 g/mol. The molecule has 0 unspecified atom stereocenters. The average Bonchev–Trinajstić information content (AvgIpc) is 3.03. The van der Waals surface area contributed by atoms with Crippen molar-refractivity contribution in [2.45, 2.75) is 25.7 Å². The Morgan fingerprint density at radius 3 is 2.39 bits per heavy atom. The van der Waals surface area contributed by atoms with Crippen molar-refractivity contribution in [1.29, 1.82) is 0 Å². The standard InChI is InChI=1S/C22H27N3OS2/c1-15-6-8-18(9-7-15)27-14-21(26)25(11-10-24(4)5)22-23-19-12-16(2)17(3)13-20(19)28-22/h6-9,12-13H,10-11,14H2,1-5H3. The molecule has 6 heteroatoms. The topological polar surface area (TPSA) is 36.4 Å². The van der Waals surface area contributed by atoms with E-state index >= 15 is 0 Å². The Balaban J connectivity index is 1.81. The SMILES string of the molecule is Cc1ccc(SCC(=O)N(CCN(C)C)c2nc3cc(C)c(C)cc3s2)cc1. The minimum absolute atomic E-state index is 0.0972. The van der Waals surface area contributed by atoms with Crippen molar-refractivity contribution in [2.75, 3.05) is 37.8 Å². The van der Waals surface area contributed by atoms with E-state index in [-0.39, 0.29) is 5.91 Å². The van der Waals surface area contributed by atoms with Crippen LogP contribution in [0.1, 0.15) is 16.7 Å². The smallest absolute Gasteiger partial charge is 0.239 e. The number of amides is 1. The third-order valence-corrected chi connectivity index (χ3v) is 6.72. The summed E-state index contributed by atoms with van der Waals surface area (Å²) < 4.78 is 1.13. The Hall–Kier alpha value is -1.89. The molecule has 0 atom stereocenters. The van der Waals surface area contributed by atoms with Gasteiger partial charge in [0.1, 0.15) is 0 Å². The molecule has 0 fully saturated rings. The quantitative estimate of drug-likeness (QED) is 0.516. The second-order valence-corrected chi connectivity index (χ2v) is 9.41. The maximum Gasteiger partial charge on any atom is 0.239 e. The Labute approximate surface area is 175 Å². The number of nitrogens with zero attached hydrogens (tertiary/aromatic N) is 3. The fourth-order valence-electron chi connectivity index (χ4n) is 2.77. The molecule has 4 nitrogen and oxygen atoms in total. The molecule has 0 bridgehead atoms. The zero-order chi connectivity index (χ0) is 20.3. The molecule has 1 amide bonds. The number of thiazole rings is 1. The molecule has 0 spiro atoms. The van der Waals surface area contributed by atoms with Gasteiger partial charge in [-0.05, 0) is 70.3 Å². The molecule has 0 aliphatic heterocycles. The van der Waals surface area contributed by atoms with Gasteiger partial charge in [0.25, 0.3) is 0 Å². The summed E-state index contributed by atoms with van der Waals surface area (Å²) in [6.07, 6.45) is 0. The minimum Gasteiger partial charge on any atom is -0.308 e. The molecule has 148 valence electrons. The van der Waals surface area contributed by atoms with Crippen molar-refractivity contribution in [1.82, 2.24) is 9.88 Å². The number of carbonyl (C=O) groups is 1. The zero-order valence-electron chi connectivity index (χ0n) is 17.2. The summed E-state index contributed by atoms with van der Waals surface area (Å²) in [6, 6.07) is 12.6. The van der Waals surface area contributed by atoms with Gasteiger partial charge in [0.15, 0.2) is 5.13 Å². The van der Waals surface area contributed by atoms with Crippen LogP contribution >= 0.6 is 23.1 Å². The summed E-state index contributed by atoms with van der Waals surface area (Å²) in [5, 5.41) is 0.788. The second-order valence-electron chi connectivity index (χ2n) is 7.35. The van der Waals surface area contributed by atoms with E-state index in [2.05, 4.69) is 62.1 Å². The number of rotatable bonds is 7. The van der Waals surface area contributed by atoms with E-state index in [4.69, 9.17) is 4.98 Å². The summed E-state index contributed by atoms with van der Waals surface area (Å²) in [5.74, 6) is 0.504. The van der Waals surface area contributed by atoms with Crippen LogP contribution in [0, 0.1) is 20.8 Å². The highest BCUT2D eigenvalue weighted by Crippen LogP contribution is 2.31. The number of anilines is 1. The highest BCUT2D eigenvalue weighted by Gasteiger charge is 2.20. The van der Waals surface area contributed by atoms with Gasteiger partial charge in [-0.2, -0.15) is 0 Å². The Bertz CT molecular complexity index is 925. The highest BCUT2D eigenvalue weighted by molar-refractivity contribution is 8.00. The van der Waals surface area contributed by atoms with Crippen molar-refractivity contribution >= 4 is 44.4 Å². The van der Waals surface area contributed by atoms with Gasteiger partial charge in [-0.1, -0.05) is 29.0 Å². The van der Waals surface area contributed by atoms with E-state index in [9.17, 15) is 4.79 Å². The Morgan fingerprint density at radius 1 is 1.04 bits per heavy atom. The number of hydrogen-bond donors (Lipinski definition) is 0. The lowest BCUT2D eigenvalue weighted by Gasteiger charge is -2.21. The number of aromatic nitrogens is 1. The van der Waals surface area contributed by atoms with Crippen molar-refractivity contribution in [3.8, 4) is 0 Å². The monoisotopic (exact) mass is 413 g/mol. The Morgan fingerprint density at radius 2 is 1.71 bits per heavy atom. The molecule has 28 heavy (non-hydrogen) atoms. The second kappa shape index (κ2) is 9.07. The van der Waals surface area contributed by atoms with Crippen molar-refractivity contribution in [3.05, 3.63) is 53.1 Å². The number of carbonyl (C=O) groups excluding carboxylic acids is 1. The number of aryl methyl sites for hydroxylation is 3. The van der Waals surface area contributed by atoms with E-state index in [1.165, 1.54) is 16.7 Å². The molecular formula is C22H27N3OS2. The van der Waals surface area contributed by atoms with Gasteiger partial charge in [0.05, 0.1) is 16.0 Å². The van der Waals surface area contributed by atoms with E-state index in [0.717, 1.165) is 26.8 Å². The number of fused-ring (bicyclic) bond motifs is 1. The van der Waals surface area contributed by atoms with Crippen molar-refractivity contribution < 1.29 is 4.79 Å². The van der Waals surface area contributed by atoms with Crippen molar-refractivity contribution in [2.24, 2.45) is 0 Å². The van der Waals surface area contributed by atoms with E-state index in [0.29, 0.717) is 12.3 Å². The van der Waals surface area contributed by atoms with E-state index in [1.54, 1.807) is 23.1 Å². The highest BCUT2D eigenvalue weighted by atomic mass is 32.2. The van der Waals surface area contributed by atoms with Gasteiger partial charge >= 0.3 is 0 Å². The average molecular weight is 414 g/mol. The summed E-state index contributed by atoms with van der Waals surface area (Å²) in [6.45, 7) is 7.72. The fourth-order valence-corrected chi connectivity index (χ4v) is 4.63. The van der Waals surface area contributed by atoms with Crippen LogP contribution in [0.5, 0.6) is 0 Å². The number of thioether (sulfide) groups is 1. The molecule has 0 saturated carbocycles. The van der Waals surface area contributed by atoms with Crippen LogP contribution in [0.25, 0.3) is 10.2 Å². The molecule has 0 aliphatic rings. The van der Waals surface area contributed by atoms with Crippen LogP contribution in [-0.2, 0) is 4.79 Å². The third kappa shape index (κ3) is 5.13. The normalized spacial score (nSPS) is 11.4. The van der Waals surface area contributed by atoms with Crippen LogP contribution < -0.4 is 4.90 Å². The summed E-state index contributed by atoms with van der Waals surface area (Å²) >= 11 is 3.18. The predicted octanol–water partition coefficient (Wildman–Crippen LogP) is 4.91. The van der Waals surface area contributed by atoms with Crippen LogP contribution in [0.3, 0.4) is 0 Å². The van der Waals surface area contributed by atoms with Crippen molar-refractivity contribution in [3.63, 3.8) is 0 Å². The Kier molecular flexibility index (Phi) is 6.75. The molecule has 0 saturated heterocycles. The van der Waals surface area contributed by atoms with Crippen LogP contribution in [0.2, 0.25) is 0 Å². The van der Waals surface area contributed by atoms with Gasteiger partial charge in [-0.3, -0.25) is 9.69 Å². The van der Waals surface area contributed by atoms with E-state index in [1.807, 2.05) is 19.0 Å². The van der Waals surface area contributed by atoms with Crippen LogP contribution in [-0.4, -0.2) is 48.7 Å². The van der Waals surface area contributed by atoms with Gasteiger partial charge in [-0.25, -0.2) is 4.98 Å². The first-order valence-electron chi connectivity index (χ1n) is 9.36. The fraction of sp³-hybridized carbons (Fsp3) is 0.364. The zero-order valence-corrected chi connectivity index (χ0v) is 18.8. The lowest BCUT2D eigenvalue weighted by molar-refractivity contribution is -0.116. The first kappa shape index (κ1) is 20.8. The minimum atomic E-state index is 0.0972. The molecule has 0 aliphatic carbocycles. The molecule has 2 aromatic carbocycles. The third-order valence-electron chi connectivity index (χ3n) is 4.68. The molecule has 3 rings (SSSR count). The molecule has 0 N–H and O–H groups in total. The van der Waals surface area contributed by atoms with Gasteiger partial charge < -0.3 is 4.90 Å². The molecule has 3 aromatic rings. The lowest BCUT2D eigenvalue weighted by atomic mass is 10.1. The summed E-state index contributed by atoms with van der Waals surface area (Å²) in [4.78, 5) is 22.9. The van der Waals surface area contributed by atoms with Gasteiger partial charge in [0, 0.05) is 18.0 Å². The number of benzene rings is 2. The first-order valence-corrected chi connectivity index (χ1v) is 11.2. The van der Waals surface area contributed by atoms with Crippen LogP contribution in [0.15, 0.2) is 41.3 Å². The predicted molar refractivity (Wildman–Crippen MR) is 122 cm³/mol. The number of hydrogen-bond acceptors (Lipinski definition) is 5. The van der Waals surface area contributed by atoms with Gasteiger partial charge in [0.2, 0.25) is 5.91 Å². The largest absolute Gasteiger partial charge is 0.308 e. The molecule has 0 radical (unpaired) electrons. The van der Waals surface area contributed by atoms with Gasteiger partial charge in [-0.15, -0.1) is 11.8 Å². The van der Waals surface area contributed by atoms with E-state index < -0.39 is 0 Å². The summed E-state index contributed by atoms with van der Waals surface area (Å²) in [5.41, 5.74) is 4.68. The van der Waals surface area contributed by atoms with Crippen LogP contribution in [0.4, 0.5) is 5.13 Å². The molecule has 1 aromatic heterocycles. The molecule has 1 heterocycles. The summed E-state index contributed by atoms with van der Waals surface area (Å²) in [7, 11) is 4.05. The first-order chi connectivity index (χ1) is 13.3. The number of likely N-dealkylation sites (N-methyl/N-ethyl adjacent to an activating group) is 1. The lowest BCUT2D eigenvalue weighted by Crippen LogP contribution is -2.37. The maximum absolute atomic E-state index is 13.1.